The largest absolute Gasteiger partial charge is 0.378 e. The topological polar surface area (TPSA) is 24.5 Å². The molecule has 2 rings (SSSR count). The van der Waals surface area contributed by atoms with Crippen LogP contribution in [-0.4, -0.2) is 49.8 Å². The summed E-state index contributed by atoms with van der Waals surface area (Å²) < 4.78 is 5.72. The maximum atomic E-state index is 5.72. The van der Waals surface area contributed by atoms with Crippen LogP contribution in [0.15, 0.2) is 0 Å². The summed E-state index contributed by atoms with van der Waals surface area (Å²) in [7, 11) is 0. The van der Waals surface area contributed by atoms with E-state index < -0.39 is 0 Å². The van der Waals surface area contributed by atoms with Crippen LogP contribution in [0.3, 0.4) is 0 Å². The highest BCUT2D eigenvalue weighted by Gasteiger charge is 2.22. The van der Waals surface area contributed by atoms with E-state index >= 15 is 0 Å². The van der Waals surface area contributed by atoms with E-state index in [1.165, 1.54) is 77.5 Å². The van der Waals surface area contributed by atoms with E-state index in [1.54, 1.807) is 0 Å². The molecule has 0 bridgehead atoms. The van der Waals surface area contributed by atoms with Crippen molar-refractivity contribution in [3.05, 3.63) is 0 Å². The highest BCUT2D eigenvalue weighted by Crippen LogP contribution is 2.20. The van der Waals surface area contributed by atoms with Gasteiger partial charge in [-0.3, -0.25) is 4.90 Å². The first-order valence-corrected chi connectivity index (χ1v) is 8.46. The van der Waals surface area contributed by atoms with Gasteiger partial charge in [0, 0.05) is 19.2 Å². The molecule has 0 aromatic rings. The minimum Gasteiger partial charge on any atom is -0.378 e. The predicted molar refractivity (Wildman–Crippen MR) is 80.6 cm³/mol. The minimum absolute atomic E-state index is 0.571. The zero-order valence-corrected chi connectivity index (χ0v) is 12.7. The number of hydrogen-bond donors (Lipinski definition) is 1. The maximum Gasteiger partial charge on any atom is 0.0576 e. The van der Waals surface area contributed by atoms with Crippen LogP contribution >= 0.6 is 0 Å². The number of rotatable bonds is 8. The van der Waals surface area contributed by atoms with Gasteiger partial charge in [-0.05, 0) is 64.6 Å². The monoisotopic (exact) mass is 268 g/mol. The Kier molecular flexibility index (Phi) is 7.18. The van der Waals surface area contributed by atoms with Gasteiger partial charge >= 0.3 is 0 Å². The quantitative estimate of drug-likeness (QED) is 0.685. The fourth-order valence-electron chi connectivity index (χ4n) is 3.43. The van der Waals surface area contributed by atoms with Crippen molar-refractivity contribution >= 4 is 0 Å². The molecule has 2 saturated heterocycles. The first kappa shape index (κ1) is 15.3. The van der Waals surface area contributed by atoms with Crippen LogP contribution < -0.4 is 5.32 Å². The van der Waals surface area contributed by atoms with Gasteiger partial charge in [-0.25, -0.2) is 0 Å². The molecule has 0 amide bonds. The van der Waals surface area contributed by atoms with Crippen LogP contribution in [0.4, 0.5) is 0 Å². The Hall–Kier alpha value is -0.120. The van der Waals surface area contributed by atoms with E-state index in [0.29, 0.717) is 6.10 Å². The third kappa shape index (κ3) is 5.41. The summed E-state index contributed by atoms with van der Waals surface area (Å²) in [6, 6.07) is 0.782. The van der Waals surface area contributed by atoms with Crippen molar-refractivity contribution in [2.75, 3.05) is 32.8 Å². The van der Waals surface area contributed by atoms with Crippen molar-refractivity contribution in [3.63, 3.8) is 0 Å². The van der Waals surface area contributed by atoms with Crippen molar-refractivity contribution in [2.45, 2.75) is 70.4 Å². The maximum absolute atomic E-state index is 5.72. The molecule has 0 radical (unpaired) electrons. The Labute approximate surface area is 119 Å². The number of likely N-dealkylation sites (tertiary alicyclic amines) is 1. The summed E-state index contributed by atoms with van der Waals surface area (Å²) >= 11 is 0. The molecule has 0 aliphatic carbocycles. The van der Waals surface area contributed by atoms with Gasteiger partial charge in [-0.2, -0.15) is 0 Å². The second kappa shape index (κ2) is 8.93. The summed E-state index contributed by atoms with van der Waals surface area (Å²) in [6.07, 6.45) is 11.2. The first-order chi connectivity index (χ1) is 9.40. The Bertz CT molecular complexity index is 229. The molecule has 0 spiro atoms. The molecule has 2 fully saturated rings. The highest BCUT2D eigenvalue weighted by atomic mass is 16.5. The second-order valence-electron chi connectivity index (χ2n) is 6.17. The van der Waals surface area contributed by atoms with E-state index in [2.05, 4.69) is 17.1 Å². The Morgan fingerprint density at radius 2 is 2.16 bits per heavy atom. The fraction of sp³-hybridized carbons (Fsp3) is 1.00. The third-order valence-electron chi connectivity index (χ3n) is 4.55. The van der Waals surface area contributed by atoms with Gasteiger partial charge in [0.25, 0.3) is 0 Å². The number of nitrogens with zero attached hydrogens (tertiary/aromatic N) is 1. The minimum atomic E-state index is 0.571. The fourth-order valence-corrected chi connectivity index (χ4v) is 3.43. The lowest BCUT2D eigenvalue weighted by Crippen LogP contribution is -2.46. The van der Waals surface area contributed by atoms with Gasteiger partial charge < -0.3 is 10.1 Å². The van der Waals surface area contributed by atoms with E-state index in [4.69, 9.17) is 4.74 Å². The molecule has 3 heteroatoms. The summed E-state index contributed by atoms with van der Waals surface area (Å²) in [5.74, 6) is 0. The van der Waals surface area contributed by atoms with Gasteiger partial charge in [-0.15, -0.1) is 0 Å². The van der Waals surface area contributed by atoms with Gasteiger partial charge in [0.2, 0.25) is 0 Å². The number of ether oxygens (including phenoxy) is 1. The van der Waals surface area contributed by atoms with E-state index in [0.717, 1.165) is 12.6 Å². The van der Waals surface area contributed by atoms with Gasteiger partial charge in [0.15, 0.2) is 0 Å². The predicted octanol–water partition coefficient (Wildman–Crippen LogP) is 2.80. The summed E-state index contributed by atoms with van der Waals surface area (Å²) in [5.41, 5.74) is 0. The SMILES string of the molecule is CCCNCC1CCCCN1CCCC1CCCO1. The Morgan fingerprint density at radius 1 is 1.21 bits per heavy atom. The van der Waals surface area contributed by atoms with Crippen molar-refractivity contribution in [1.82, 2.24) is 10.2 Å². The average Bonchev–Trinajstić information content (AvgIpc) is 2.94. The smallest absolute Gasteiger partial charge is 0.0576 e. The molecule has 0 saturated carbocycles. The van der Waals surface area contributed by atoms with Crippen LogP contribution in [0.25, 0.3) is 0 Å². The molecule has 0 aromatic heterocycles. The van der Waals surface area contributed by atoms with Crippen LogP contribution in [0.5, 0.6) is 0 Å². The lowest BCUT2D eigenvalue weighted by atomic mass is 10.0. The lowest BCUT2D eigenvalue weighted by molar-refractivity contribution is 0.0909. The Morgan fingerprint density at radius 3 is 2.95 bits per heavy atom. The third-order valence-corrected chi connectivity index (χ3v) is 4.55. The van der Waals surface area contributed by atoms with E-state index in [9.17, 15) is 0 Å². The van der Waals surface area contributed by atoms with Crippen LogP contribution in [-0.2, 0) is 4.74 Å². The van der Waals surface area contributed by atoms with Crippen LogP contribution in [0, 0.1) is 0 Å². The van der Waals surface area contributed by atoms with Crippen molar-refractivity contribution in [1.29, 1.82) is 0 Å². The van der Waals surface area contributed by atoms with Crippen LogP contribution in [0.2, 0.25) is 0 Å². The molecule has 2 unspecified atom stereocenters. The molecular formula is C16H32N2O. The summed E-state index contributed by atoms with van der Waals surface area (Å²) in [4.78, 5) is 2.72. The summed E-state index contributed by atoms with van der Waals surface area (Å²) in [6.45, 7) is 8.18. The van der Waals surface area contributed by atoms with Gasteiger partial charge in [0.05, 0.1) is 6.10 Å². The van der Waals surface area contributed by atoms with Crippen LogP contribution in [0.1, 0.15) is 58.3 Å². The molecule has 1 N–H and O–H groups in total. The lowest BCUT2D eigenvalue weighted by Gasteiger charge is -2.36. The molecule has 3 nitrogen and oxygen atoms in total. The van der Waals surface area contributed by atoms with Gasteiger partial charge in [0.1, 0.15) is 0 Å². The molecule has 2 aliphatic rings. The standard InChI is InChI=1S/C16H32N2O/c1-2-10-17-14-15-7-3-4-11-18(15)12-5-8-16-9-6-13-19-16/h15-17H,2-14H2,1H3. The molecule has 0 aromatic carbocycles. The molecule has 2 heterocycles. The number of hydrogen-bond acceptors (Lipinski definition) is 3. The van der Waals surface area contributed by atoms with Gasteiger partial charge in [-0.1, -0.05) is 13.3 Å². The van der Waals surface area contributed by atoms with E-state index in [1.807, 2.05) is 0 Å². The molecular weight excluding hydrogens is 236 g/mol. The first-order valence-electron chi connectivity index (χ1n) is 8.46. The molecule has 19 heavy (non-hydrogen) atoms. The zero-order chi connectivity index (χ0) is 13.3. The van der Waals surface area contributed by atoms with Crippen molar-refractivity contribution in [2.24, 2.45) is 0 Å². The van der Waals surface area contributed by atoms with Crippen molar-refractivity contribution in [3.8, 4) is 0 Å². The number of piperidine rings is 1. The number of nitrogens with one attached hydrogen (secondary N) is 1. The normalized spacial score (nSPS) is 28.9. The van der Waals surface area contributed by atoms with Crippen molar-refractivity contribution < 1.29 is 4.74 Å². The highest BCUT2D eigenvalue weighted by molar-refractivity contribution is 4.79. The second-order valence-corrected chi connectivity index (χ2v) is 6.17. The molecule has 2 atom stereocenters. The molecule has 2 aliphatic heterocycles. The average molecular weight is 268 g/mol. The summed E-state index contributed by atoms with van der Waals surface area (Å²) in [5, 5.41) is 3.60. The molecule has 112 valence electrons. The van der Waals surface area contributed by atoms with E-state index in [-0.39, 0.29) is 0 Å². The Balaban J connectivity index is 1.63. The zero-order valence-electron chi connectivity index (χ0n) is 12.7.